The molecule has 28 heteroatoms. The molecule has 7 rings (SSSR count). The van der Waals surface area contributed by atoms with Gasteiger partial charge in [0.05, 0.1) is 0 Å². The summed E-state index contributed by atoms with van der Waals surface area (Å²) in [5.41, 5.74) is 47.0. The van der Waals surface area contributed by atoms with Crippen molar-refractivity contribution in [3.63, 3.8) is 0 Å². The monoisotopic (exact) mass is 822 g/mol. The molecular weight excluding hydrogens is 762 g/mol. The highest BCUT2D eigenvalue weighted by molar-refractivity contribution is 6.77. The second-order valence-electron chi connectivity index (χ2n) is 21.3. The fourth-order valence-corrected chi connectivity index (χ4v) is 12.8. The predicted molar refractivity (Wildman–Crippen MR) is 388 cm³/mol. The van der Waals surface area contributed by atoms with E-state index < -0.39 is 0 Å². The normalized spacial score (nSPS) is 11.5. The number of nitrogens with zero attached hydrogens (tertiary/aromatic N) is 1. The van der Waals surface area contributed by atoms with Crippen molar-refractivity contribution < 1.29 is 0 Å². The number of hydrogen-bond acceptors (Lipinski definition) is 1. The van der Waals surface area contributed by atoms with Gasteiger partial charge in [0.2, 0.25) is 0 Å². The third-order valence-electron chi connectivity index (χ3n) is 18.9. The van der Waals surface area contributed by atoms with E-state index in [1.807, 2.05) is 0 Å². The molecule has 0 atom stereocenters. The number of anilines is 3. The summed E-state index contributed by atoms with van der Waals surface area (Å²) in [7, 11) is 63.9. The van der Waals surface area contributed by atoms with Crippen molar-refractivity contribution >= 4 is 398 Å². The zero-order valence-corrected chi connectivity index (χ0v) is 46.4. The number of hydrogen-bond donors (Lipinski definition) is 0. The summed E-state index contributed by atoms with van der Waals surface area (Å²) in [5, 5.41) is 5.71. The van der Waals surface area contributed by atoms with Crippen LogP contribution < -0.4 is 152 Å². The smallest absolute Gasteiger partial charge is 0.142 e. The van der Waals surface area contributed by atoms with E-state index in [2.05, 4.69) is 217 Å². The minimum absolute atomic E-state index is 1.32. The molecule has 0 spiro atoms. The van der Waals surface area contributed by atoms with Gasteiger partial charge in [-0.3, -0.25) is 0 Å². The first kappa shape index (κ1) is 50.5. The Kier molecular flexibility index (Phi) is 13.4. The first-order valence-electron chi connectivity index (χ1n) is 24.7. The Balaban J connectivity index is 1.73. The van der Waals surface area contributed by atoms with Crippen LogP contribution in [0.1, 0.15) is 0 Å². The van der Waals surface area contributed by atoms with Gasteiger partial charge in [-0.1, -0.05) is 104 Å². The Morgan fingerprint density at radius 1 is 0.136 bits per heavy atom. The van der Waals surface area contributed by atoms with Crippen molar-refractivity contribution in [1.29, 1.82) is 0 Å². The Morgan fingerprint density at radius 3 is 0.576 bits per heavy atom. The summed E-state index contributed by atoms with van der Waals surface area (Å²) >= 11 is 0. The van der Waals surface area contributed by atoms with Crippen molar-refractivity contribution in [3.8, 4) is 22.3 Å². The largest absolute Gasteiger partial charge is 0.314 e. The molecule has 0 saturated carbocycles. The van der Waals surface area contributed by atoms with E-state index in [1.54, 1.807) is 0 Å². The molecular formula is C38H54B27N. The van der Waals surface area contributed by atoms with Crippen LogP contribution in [0.2, 0.25) is 0 Å². The quantitative estimate of drug-likeness (QED) is 0.124. The fraction of sp³-hybridized carbons (Fsp3) is 0. The van der Waals surface area contributed by atoms with Gasteiger partial charge in [0.25, 0.3) is 0 Å². The molecule has 0 heterocycles. The van der Waals surface area contributed by atoms with Crippen molar-refractivity contribution in [1.82, 2.24) is 0 Å². The van der Waals surface area contributed by atoms with E-state index in [4.69, 9.17) is 0 Å². The molecule has 7 aromatic rings. The van der Waals surface area contributed by atoms with Gasteiger partial charge in [0, 0.05) is 17.1 Å². The molecule has 0 unspecified atom stereocenters. The third kappa shape index (κ3) is 6.91. The van der Waals surface area contributed by atoms with Crippen molar-refractivity contribution in [3.05, 3.63) is 0 Å². The maximum Gasteiger partial charge on any atom is 0.142 e. The van der Waals surface area contributed by atoms with Crippen LogP contribution in [-0.4, -0.2) is 212 Å². The summed E-state index contributed by atoms with van der Waals surface area (Å²) < 4.78 is 0. The van der Waals surface area contributed by atoms with E-state index >= 15 is 0 Å². The van der Waals surface area contributed by atoms with Gasteiger partial charge in [0.1, 0.15) is 212 Å². The second-order valence-corrected chi connectivity index (χ2v) is 21.3. The van der Waals surface area contributed by atoms with Crippen LogP contribution in [0.4, 0.5) is 17.1 Å². The van der Waals surface area contributed by atoms with E-state index in [-0.39, 0.29) is 0 Å². The molecule has 0 aliphatic rings. The molecule has 0 aromatic heterocycles. The van der Waals surface area contributed by atoms with Gasteiger partial charge >= 0.3 is 0 Å². The van der Waals surface area contributed by atoms with Gasteiger partial charge in [0.15, 0.2) is 0 Å². The summed E-state index contributed by atoms with van der Waals surface area (Å²) in [6, 6.07) is 0. The van der Waals surface area contributed by atoms with E-state index in [0.717, 1.165) is 0 Å². The summed E-state index contributed by atoms with van der Waals surface area (Å²) in [6.07, 6.45) is 0. The molecule has 0 amide bonds. The molecule has 0 bridgehead atoms. The Hall–Kier alpha value is -3.39. The highest BCUT2D eigenvalue weighted by Gasteiger charge is 2.32. The van der Waals surface area contributed by atoms with Crippen LogP contribution in [-0.2, 0) is 0 Å². The maximum atomic E-state index is 2.77. The number of benzene rings is 7. The topological polar surface area (TPSA) is 3.24 Å². The fourth-order valence-electron chi connectivity index (χ4n) is 12.8. The van der Waals surface area contributed by atoms with Crippen LogP contribution in [0.15, 0.2) is 0 Å². The standard InChI is InChI=1S/C38H54B27N/c39-9-1-2-4(12(42)11(41)3(1)13(43)24(54)23(9)53)22(52)36(31(61)10(2)40)66(37-32(62)18(48)7(19(49)33(37)63)5-14(44)25(55)29(59)26(56)15(5)45)38-34(64)20(50)8(21(51)35(38)65)6-16(46)27(57)30(60)28(58)17(6)47/h39-65H2. The lowest BCUT2D eigenvalue weighted by Crippen LogP contribution is -2.58. The van der Waals surface area contributed by atoms with Gasteiger partial charge in [-0.05, 0) is 43.8 Å². The summed E-state index contributed by atoms with van der Waals surface area (Å²) in [6.45, 7) is 0. The Labute approximate surface area is 422 Å². The first-order valence-corrected chi connectivity index (χ1v) is 24.7. The summed E-state index contributed by atoms with van der Waals surface area (Å²) in [5.74, 6) is 0. The molecule has 0 fully saturated rings. The van der Waals surface area contributed by atoms with Crippen LogP contribution in [0.25, 0.3) is 43.8 Å². The molecule has 7 aromatic carbocycles. The molecule has 0 saturated heterocycles. The highest BCUT2D eigenvalue weighted by atomic mass is 15.2. The van der Waals surface area contributed by atoms with E-state index in [1.165, 1.54) is 208 Å². The van der Waals surface area contributed by atoms with Gasteiger partial charge in [-0.2, -0.15) is 0 Å². The van der Waals surface area contributed by atoms with Gasteiger partial charge in [-0.25, -0.2) is 0 Å². The zero-order chi connectivity index (χ0) is 49.5. The van der Waals surface area contributed by atoms with E-state index in [9.17, 15) is 0 Å². The first-order chi connectivity index (χ1) is 30.6. The lowest BCUT2D eigenvalue weighted by Gasteiger charge is -2.40. The van der Waals surface area contributed by atoms with Crippen LogP contribution >= 0.6 is 0 Å². The average molecular weight is 817 g/mol. The number of rotatable bonds is 5. The minimum Gasteiger partial charge on any atom is -0.314 e. The zero-order valence-electron chi connectivity index (χ0n) is 46.4. The Bertz CT molecular complexity index is 3150. The van der Waals surface area contributed by atoms with Gasteiger partial charge in [-0.15, -0.1) is 43.7 Å². The molecule has 0 aliphatic carbocycles. The molecule has 0 N–H and O–H groups in total. The molecule has 0 radical (unpaired) electrons. The lowest BCUT2D eigenvalue weighted by molar-refractivity contribution is 1.37. The number of fused-ring (bicyclic) bond motifs is 3. The van der Waals surface area contributed by atoms with Gasteiger partial charge < -0.3 is 4.90 Å². The van der Waals surface area contributed by atoms with Crippen LogP contribution in [0.5, 0.6) is 0 Å². The second kappa shape index (κ2) is 17.5. The average Bonchev–Trinajstić information content (AvgIpc) is 3.28. The lowest BCUT2D eigenvalue weighted by atomic mass is 9.56. The molecule has 66 heavy (non-hydrogen) atoms. The highest BCUT2D eigenvalue weighted by Crippen LogP contribution is 2.30. The maximum absolute atomic E-state index is 2.77. The minimum atomic E-state index is 1.32. The molecule has 1 nitrogen and oxygen atoms in total. The van der Waals surface area contributed by atoms with Crippen LogP contribution in [0, 0.1) is 0 Å². The molecule has 292 valence electrons. The van der Waals surface area contributed by atoms with Crippen molar-refractivity contribution in [2.75, 3.05) is 4.90 Å². The SMILES string of the molecule is Bc1c(B)c(B)c(-c2c(B)c(B)c(N(c3c(B)c(B)c(-c4c(B)c(B)c(B)c(B)c4B)c(B)c3B)c3c(B)c(B)c4c(c3B)c(B)c(B)c3c(B)c(B)c(B)c(B)c34)c(B)c2B)c(B)c1B. The van der Waals surface area contributed by atoms with Crippen molar-refractivity contribution in [2.24, 2.45) is 0 Å². The van der Waals surface area contributed by atoms with Crippen LogP contribution in [0.3, 0.4) is 0 Å². The predicted octanol–water partition coefficient (Wildman–Crippen LogP) is -36.2. The third-order valence-corrected chi connectivity index (χ3v) is 18.9. The summed E-state index contributed by atoms with van der Waals surface area (Å²) in [4.78, 5) is 2.77. The van der Waals surface area contributed by atoms with E-state index in [0.29, 0.717) is 0 Å². The van der Waals surface area contributed by atoms with Crippen molar-refractivity contribution in [2.45, 2.75) is 0 Å². The Morgan fingerprint density at radius 2 is 0.288 bits per heavy atom. The molecule has 0 aliphatic heterocycles.